The Kier molecular flexibility index (Phi) is 4.09. The van der Waals surface area contributed by atoms with E-state index in [2.05, 4.69) is 21.0 Å². The van der Waals surface area contributed by atoms with Gasteiger partial charge in [-0.2, -0.15) is 5.10 Å². The van der Waals surface area contributed by atoms with Gasteiger partial charge < -0.3 is 15.8 Å². The van der Waals surface area contributed by atoms with Gasteiger partial charge in [0.2, 0.25) is 0 Å². The quantitative estimate of drug-likeness (QED) is 0.732. The largest absolute Gasteiger partial charge is 0.482 e. The molecule has 144 valence electrons. The molecule has 0 saturated carbocycles. The Bertz CT molecular complexity index is 991. The van der Waals surface area contributed by atoms with E-state index >= 15 is 0 Å². The summed E-state index contributed by atoms with van der Waals surface area (Å²) >= 11 is 0. The van der Waals surface area contributed by atoms with Crippen LogP contribution >= 0.6 is 0 Å². The van der Waals surface area contributed by atoms with Gasteiger partial charge in [-0.15, -0.1) is 0 Å². The van der Waals surface area contributed by atoms with Crippen molar-refractivity contribution in [2.24, 2.45) is 0 Å². The van der Waals surface area contributed by atoms with Crippen LogP contribution < -0.4 is 15.8 Å². The third-order valence-electron chi connectivity index (χ3n) is 6.12. The van der Waals surface area contributed by atoms with Crippen molar-refractivity contribution in [3.8, 4) is 17.0 Å². The van der Waals surface area contributed by atoms with Crippen molar-refractivity contribution >= 4 is 5.82 Å². The maximum Gasteiger partial charge on any atom is 0.166 e. The number of fused-ring (bicyclic) bond motifs is 2. The molecule has 1 spiro atoms. The molecule has 5 rings (SSSR count). The lowest BCUT2D eigenvalue weighted by Crippen LogP contribution is -2.25. The summed E-state index contributed by atoms with van der Waals surface area (Å²) in [6.07, 6.45) is 4.03. The summed E-state index contributed by atoms with van der Waals surface area (Å²) in [6, 6.07) is 14.3. The molecule has 0 aliphatic carbocycles. The maximum atomic E-state index is 6.13. The molecule has 1 fully saturated rings. The Morgan fingerprint density at radius 2 is 2.07 bits per heavy atom. The Morgan fingerprint density at radius 1 is 1.21 bits per heavy atom. The topological polar surface area (TPSA) is 78.0 Å². The minimum atomic E-state index is -0.111. The second-order valence-electron chi connectivity index (χ2n) is 7.87. The molecule has 1 aromatic carbocycles. The highest BCUT2D eigenvalue weighted by atomic mass is 16.5. The maximum absolute atomic E-state index is 6.13. The van der Waals surface area contributed by atoms with Gasteiger partial charge in [-0.1, -0.05) is 30.3 Å². The van der Waals surface area contributed by atoms with Crippen LogP contribution in [-0.4, -0.2) is 27.9 Å². The van der Waals surface area contributed by atoms with Crippen molar-refractivity contribution < 1.29 is 4.74 Å². The van der Waals surface area contributed by atoms with Crippen LogP contribution in [0.2, 0.25) is 0 Å². The summed E-state index contributed by atoms with van der Waals surface area (Å²) in [7, 11) is 0. The summed E-state index contributed by atoms with van der Waals surface area (Å²) in [6.45, 7) is 5.12. The van der Waals surface area contributed by atoms with Crippen molar-refractivity contribution in [2.45, 2.75) is 37.8 Å². The van der Waals surface area contributed by atoms with Crippen molar-refractivity contribution in [2.75, 3.05) is 18.8 Å². The number of anilines is 1. The van der Waals surface area contributed by atoms with Gasteiger partial charge >= 0.3 is 0 Å². The van der Waals surface area contributed by atoms with Gasteiger partial charge in [0.1, 0.15) is 6.10 Å². The van der Waals surface area contributed by atoms with E-state index in [0.717, 1.165) is 36.5 Å². The molecule has 4 heterocycles. The number of aryl methyl sites for hydroxylation is 1. The zero-order valence-electron chi connectivity index (χ0n) is 16.1. The van der Waals surface area contributed by atoms with Gasteiger partial charge in [0.05, 0.1) is 5.69 Å². The SMILES string of the molecule is C[C@@H](Oc1cc(-c2cc3n(n2)CCC32CCNC2)cnc1N)c1ccccc1. The first-order valence-corrected chi connectivity index (χ1v) is 9.91. The van der Waals surface area contributed by atoms with Crippen LogP contribution in [0.3, 0.4) is 0 Å². The molecule has 3 N–H and O–H groups in total. The molecule has 3 aromatic rings. The Labute approximate surface area is 164 Å². The molecule has 28 heavy (non-hydrogen) atoms. The van der Waals surface area contributed by atoms with E-state index in [-0.39, 0.29) is 11.5 Å². The molecule has 2 aromatic heterocycles. The number of nitrogens with two attached hydrogens (primary N) is 1. The first-order valence-electron chi connectivity index (χ1n) is 9.91. The average molecular weight is 375 g/mol. The number of nitrogen functional groups attached to an aromatic ring is 1. The molecular weight excluding hydrogens is 350 g/mol. The second kappa shape index (κ2) is 6.63. The number of hydrogen-bond acceptors (Lipinski definition) is 5. The Morgan fingerprint density at radius 3 is 2.86 bits per heavy atom. The number of benzene rings is 1. The molecule has 2 aliphatic rings. The van der Waals surface area contributed by atoms with E-state index in [1.807, 2.05) is 43.3 Å². The number of hydrogen-bond donors (Lipinski definition) is 2. The van der Waals surface area contributed by atoms with Crippen molar-refractivity contribution in [3.05, 3.63) is 59.9 Å². The zero-order chi connectivity index (χ0) is 19.1. The molecule has 6 heteroatoms. The molecule has 1 unspecified atom stereocenters. The van der Waals surface area contributed by atoms with E-state index in [1.165, 1.54) is 18.5 Å². The second-order valence-corrected chi connectivity index (χ2v) is 7.87. The monoisotopic (exact) mass is 375 g/mol. The smallest absolute Gasteiger partial charge is 0.166 e. The van der Waals surface area contributed by atoms with Gasteiger partial charge in [-0.25, -0.2) is 4.98 Å². The van der Waals surface area contributed by atoms with E-state index in [1.54, 1.807) is 6.20 Å². The molecule has 0 radical (unpaired) electrons. The number of aromatic nitrogens is 3. The lowest BCUT2D eigenvalue weighted by atomic mass is 9.82. The summed E-state index contributed by atoms with van der Waals surface area (Å²) in [5.41, 5.74) is 10.6. The first-order chi connectivity index (χ1) is 13.6. The third-order valence-corrected chi connectivity index (χ3v) is 6.12. The fourth-order valence-electron chi connectivity index (χ4n) is 4.45. The van der Waals surface area contributed by atoms with Crippen LogP contribution in [0.25, 0.3) is 11.3 Å². The van der Waals surface area contributed by atoms with Gasteiger partial charge in [-0.05, 0) is 44.0 Å². The molecular formula is C22H25N5O. The number of rotatable bonds is 4. The number of nitrogens with one attached hydrogen (secondary N) is 1. The van der Waals surface area contributed by atoms with Crippen LogP contribution in [0.4, 0.5) is 5.82 Å². The lowest BCUT2D eigenvalue weighted by molar-refractivity contribution is 0.227. The Hall–Kier alpha value is -2.86. The molecule has 0 amide bonds. The average Bonchev–Trinajstić information content (AvgIpc) is 3.43. The van der Waals surface area contributed by atoms with Crippen LogP contribution in [0.15, 0.2) is 48.7 Å². The summed E-state index contributed by atoms with van der Waals surface area (Å²) in [5.74, 6) is 0.994. The molecule has 1 saturated heterocycles. The Balaban J connectivity index is 1.44. The zero-order valence-corrected chi connectivity index (χ0v) is 16.1. The molecule has 0 bridgehead atoms. The van der Waals surface area contributed by atoms with Crippen LogP contribution in [0.1, 0.15) is 37.1 Å². The highest BCUT2D eigenvalue weighted by Crippen LogP contribution is 2.41. The van der Waals surface area contributed by atoms with Gasteiger partial charge in [0.15, 0.2) is 11.6 Å². The molecule has 6 nitrogen and oxygen atoms in total. The van der Waals surface area contributed by atoms with Crippen molar-refractivity contribution in [3.63, 3.8) is 0 Å². The van der Waals surface area contributed by atoms with Crippen molar-refractivity contribution in [1.82, 2.24) is 20.1 Å². The van der Waals surface area contributed by atoms with Crippen molar-refractivity contribution in [1.29, 1.82) is 0 Å². The fraction of sp³-hybridized carbons (Fsp3) is 0.364. The van der Waals surface area contributed by atoms with E-state index < -0.39 is 0 Å². The van der Waals surface area contributed by atoms with Crippen LogP contribution in [0.5, 0.6) is 5.75 Å². The highest BCUT2D eigenvalue weighted by Gasteiger charge is 2.42. The normalized spacial score (nSPS) is 21.8. The number of ether oxygens (including phenoxy) is 1. The van der Waals surface area contributed by atoms with Crippen LogP contribution in [-0.2, 0) is 12.0 Å². The van der Waals surface area contributed by atoms with Gasteiger partial charge in [0, 0.05) is 36.0 Å². The highest BCUT2D eigenvalue weighted by molar-refractivity contribution is 5.64. The summed E-state index contributed by atoms with van der Waals surface area (Å²) in [4.78, 5) is 4.37. The fourth-order valence-corrected chi connectivity index (χ4v) is 4.45. The number of pyridine rings is 1. The van der Waals surface area contributed by atoms with Gasteiger partial charge in [0.25, 0.3) is 0 Å². The van der Waals surface area contributed by atoms with E-state index in [9.17, 15) is 0 Å². The third kappa shape index (κ3) is 2.85. The lowest BCUT2D eigenvalue weighted by Gasteiger charge is -2.20. The molecule has 2 atom stereocenters. The summed E-state index contributed by atoms with van der Waals surface area (Å²) in [5, 5.41) is 8.35. The standard InChI is InChI=1S/C22H25N5O/c1-15(16-5-3-2-4-6-16)28-19-11-17(13-25-21(19)23)18-12-20-22(7-9-24-14-22)8-10-27(20)26-18/h2-6,11-13,15,24H,7-10,14H2,1H3,(H2,23,25)/t15-,22?/m1/s1. The number of nitrogens with zero attached hydrogens (tertiary/aromatic N) is 3. The predicted octanol–water partition coefficient (Wildman–Crippen LogP) is 3.30. The minimum Gasteiger partial charge on any atom is -0.482 e. The minimum absolute atomic E-state index is 0.111. The predicted molar refractivity (Wildman–Crippen MR) is 109 cm³/mol. The summed E-state index contributed by atoms with van der Waals surface area (Å²) < 4.78 is 8.29. The van der Waals surface area contributed by atoms with Crippen LogP contribution in [0, 0.1) is 0 Å². The van der Waals surface area contributed by atoms with E-state index in [0.29, 0.717) is 11.6 Å². The first kappa shape index (κ1) is 17.3. The van der Waals surface area contributed by atoms with E-state index in [4.69, 9.17) is 15.6 Å². The van der Waals surface area contributed by atoms with Gasteiger partial charge in [-0.3, -0.25) is 4.68 Å². The molecule has 2 aliphatic heterocycles.